The minimum Gasteiger partial charge on any atom is -0.466 e. The molecule has 0 radical (unpaired) electrons. The Morgan fingerprint density at radius 3 is 2.56 bits per heavy atom. The number of pyridine rings is 1. The number of aliphatic hydroxyl groups excluding tert-OH is 2. The molecule has 5 nitrogen and oxygen atoms in total. The Morgan fingerprint density at radius 1 is 1.12 bits per heavy atom. The summed E-state index contributed by atoms with van der Waals surface area (Å²) in [5.74, 6) is -0.0365. The number of rotatable bonds is 9. The van der Waals surface area contributed by atoms with Gasteiger partial charge in [-0.3, -0.25) is 9.78 Å². The molecule has 2 aromatic carbocycles. The van der Waals surface area contributed by atoms with Crippen molar-refractivity contribution >= 4 is 22.9 Å². The molecule has 3 aromatic rings. The highest BCUT2D eigenvalue weighted by molar-refractivity contribution is 5.99. The summed E-state index contributed by atoms with van der Waals surface area (Å²) >= 11 is 0. The Kier molecular flexibility index (Phi) is 6.98. The van der Waals surface area contributed by atoms with E-state index in [9.17, 15) is 15.0 Å². The molecule has 1 aliphatic rings. The zero-order chi connectivity index (χ0) is 22.5. The molecule has 2 N–H and O–H groups in total. The van der Waals surface area contributed by atoms with Gasteiger partial charge in [0.15, 0.2) is 0 Å². The number of carbonyl (C=O) groups excluding carboxylic acids is 1. The average molecular weight is 432 g/mol. The van der Waals surface area contributed by atoms with Crippen LogP contribution in [0.3, 0.4) is 0 Å². The molecule has 1 fully saturated rings. The second-order valence-electron chi connectivity index (χ2n) is 8.27. The monoisotopic (exact) mass is 431 g/mol. The van der Waals surface area contributed by atoms with Crippen molar-refractivity contribution in [2.24, 2.45) is 0 Å². The second-order valence-corrected chi connectivity index (χ2v) is 8.27. The van der Waals surface area contributed by atoms with Crippen LogP contribution in [-0.4, -0.2) is 40.0 Å². The Hall–Kier alpha value is -3.02. The third-order valence-corrected chi connectivity index (χ3v) is 5.69. The summed E-state index contributed by atoms with van der Waals surface area (Å²) < 4.78 is 4.87. The maximum absolute atomic E-state index is 11.6. The van der Waals surface area contributed by atoms with Crippen molar-refractivity contribution in [3.05, 3.63) is 71.9 Å². The van der Waals surface area contributed by atoms with Gasteiger partial charge < -0.3 is 14.9 Å². The maximum atomic E-state index is 11.6. The van der Waals surface area contributed by atoms with Crippen molar-refractivity contribution in [3.63, 3.8) is 0 Å². The highest BCUT2D eigenvalue weighted by atomic mass is 16.5. The molecule has 0 bridgehead atoms. The first kappa shape index (κ1) is 22.2. The summed E-state index contributed by atoms with van der Waals surface area (Å²) in [7, 11) is 0. The molecule has 0 saturated heterocycles. The predicted octanol–water partition coefficient (Wildman–Crippen LogP) is 4.86. The standard InChI is InChI=1S/C27H29NO4/c1-2-32-25(31)17-21(30)16-20(29)14-15-23-26(18-8-4-3-5-9-18)22-10-6-7-11-24(22)28-27(23)19-12-13-19/h3-11,14-15,19-21,29-30H,2,12-13,16-17H2,1H3/b15-14+. The van der Waals surface area contributed by atoms with Gasteiger partial charge in [0, 0.05) is 28.9 Å². The minimum atomic E-state index is -0.958. The first-order valence-electron chi connectivity index (χ1n) is 11.2. The Morgan fingerprint density at radius 2 is 1.84 bits per heavy atom. The van der Waals surface area contributed by atoms with Crippen LogP contribution in [0.25, 0.3) is 28.1 Å². The lowest BCUT2D eigenvalue weighted by atomic mass is 9.92. The van der Waals surface area contributed by atoms with E-state index in [-0.39, 0.29) is 19.4 Å². The van der Waals surface area contributed by atoms with E-state index < -0.39 is 18.2 Å². The summed E-state index contributed by atoms with van der Waals surface area (Å²) in [4.78, 5) is 16.6. The summed E-state index contributed by atoms with van der Waals surface area (Å²) in [5.41, 5.74) is 5.24. The molecule has 5 heteroatoms. The average Bonchev–Trinajstić information content (AvgIpc) is 3.62. The lowest BCUT2D eigenvalue weighted by molar-refractivity contribution is -0.145. The van der Waals surface area contributed by atoms with Gasteiger partial charge in [-0.25, -0.2) is 0 Å². The zero-order valence-electron chi connectivity index (χ0n) is 18.3. The number of benzene rings is 2. The molecule has 0 spiro atoms. The van der Waals surface area contributed by atoms with Crippen LogP contribution >= 0.6 is 0 Å². The number of fused-ring (bicyclic) bond motifs is 1. The number of hydrogen-bond donors (Lipinski definition) is 2. The quantitative estimate of drug-likeness (QED) is 0.473. The normalized spacial score (nSPS) is 15.7. The van der Waals surface area contributed by atoms with Gasteiger partial charge in [0.25, 0.3) is 0 Å². The lowest BCUT2D eigenvalue weighted by Crippen LogP contribution is -2.20. The fourth-order valence-corrected chi connectivity index (χ4v) is 4.06. The number of hydrogen-bond acceptors (Lipinski definition) is 5. The molecule has 166 valence electrons. The molecule has 4 rings (SSSR count). The van der Waals surface area contributed by atoms with Crippen LogP contribution in [0.1, 0.15) is 49.8 Å². The molecular formula is C27H29NO4. The van der Waals surface area contributed by atoms with Gasteiger partial charge in [0.1, 0.15) is 0 Å². The van der Waals surface area contributed by atoms with E-state index in [4.69, 9.17) is 9.72 Å². The van der Waals surface area contributed by atoms with E-state index in [1.54, 1.807) is 13.0 Å². The second kappa shape index (κ2) is 10.1. The van der Waals surface area contributed by atoms with E-state index in [1.165, 1.54) is 0 Å². The summed E-state index contributed by atoms with van der Waals surface area (Å²) in [6.07, 6.45) is 3.94. The van der Waals surface area contributed by atoms with E-state index in [1.807, 2.05) is 42.5 Å². The van der Waals surface area contributed by atoms with E-state index >= 15 is 0 Å². The summed E-state index contributed by atoms with van der Waals surface area (Å²) in [5, 5.41) is 21.7. The number of esters is 1. The molecule has 0 amide bonds. The van der Waals surface area contributed by atoms with Gasteiger partial charge in [0.05, 0.1) is 36.4 Å². The highest BCUT2D eigenvalue weighted by Gasteiger charge is 2.29. The highest BCUT2D eigenvalue weighted by Crippen LogP contribution is 2.45. The molecule has 1 heterocycles. The van der Waals surface area contributed by atoms with E-state index in [2.05, 4.69) is 18.2 Å². The molecule has 2 atom stereocenters. The van der Waals surface area contributed by atoms with Crippen molar-refractivity contribution in [1.29, 1.82) is 0 Å². The van der Waals surface area contributed by atoms with E-state index in [0.29, 0.717) is 5.92 Å². The lowest BCUT2D eigenvalue weighted by Gasteiger charge is -2.16. The maximum Gasteiger partial charge on any atom is 0.308 e. The summed E-state index contributed by atoms with van der Waals surface area (Å²) in [6, 6.07) is 18.4. The fraction of sp³-hybridized carbons (Fsp3) is 0.333. The molecule has 1 saturated carbocycles. The number of carbonyl (C=O) groups is 1. The Balaban J connectivity index is 1.68. The van der Waals surface area contributed by atoms with Crippen LogP contribution in [0, 0.1) is 0 Å². The van der Waals surface area contributed by atoms with Crippen molar-refractivity contribution in [3.8, 4) is 11.1 Å². The number of para-hydroxylation sites is 1. The SMILES string of the molecule is CCOC(=O)CC(O)CC(O)/C=C/c1c(C2CC2)nc2ccccc2c1-c1ccccc1. The van der Waals surface area contributed by atoms with Crippen LogP contribution < -0.4 is 0 Å². The first-order chi connectivity index (χ1) is 15.6. The predicted molar refractivity (Wildman–Crippen MR) is 126 cm³/mol. The number of ether oxygens (including phenoxy) is 1. The van der Waals surface area contributed by atoms with Gasteiger partial charge >= 0.3 is 5.97 Å². The molecule has 1 aromatic heterocycles. The van der Waals surface area contributed by atoms with Crippen LogP contribution in [0.2, 0.25) is 0 Å². The summed E-state index contributed by atoms with van der Waals surface area (Å²) in [6.45, 7) is 2.00. The number of aromatic nitrogens is 1. The van der Waals surface area contributed by atoms with Crippen LogP contribution in [0.4, 0.5) is 0 Å². The van der Waals surface area contributed by atoms with Crippen molar-refractivity contribution in [2.75, 3.05) is 6.61 Å². The molecule has 1 aliphatic carbocycles. The topological polar surface area (TPSA) is 79.7 Å². The smallest absolute Gasteiger partial charge is 0.308 e. The van der Waals surface area contributed by atoms with Gasteiger partial charge in [0.2, 0.25) is 0 Å². The van der Waals surface area contributed by atoms with Crippen LogP contribution in [-0.2, 0) is 9.53 Å². The minimum absolute atomic E-state index is 0.0652. The van der Waals surface area contributed by atoms with Crippen molar-refractivity contribution in [1.82, 2.24) is 4.98 Å². The van der Waals surface area contributed by atoms with Gasteiger partial charge in [-0.2, -0.15) is 0 Å². The Bertz CT molecular complexity index is 1110. The zero-order valence-corrected chi connectivity index (χ0v) is 18.3. The molecule has 32 heavy (non-hydrogen) atoms. The van der Waals surface area contributed by atoms with Crippen molar-refractivity contribution in [2.45, 2.75) is 50.7 Å². The van der Waals surface area contributed by atoms with Crippen LogP contribution in [0.15, 0.2) is 60.7 Å². The largest absolute Gasteiger partial charge is 0.466 e. The molecule has 0 aliphatic heterocycles. The van der Waals surface area contributed by atoms with Gasteiger partial charge in [-0.15, -0.1) is 0 Å². The fourth-order valence-electron chi connectivity index (χ4n) is 4.06. The van der Waals surface area contributed by atoms with Crippen molar-refractivity contribution < 1.29 is 19.7 Å². The molecular weight excluding hydrogens is 402 g/mol. The number of nitrogens with zero attached hydrogens (tertiary/aromatic N) is 1. The van der Waals surface area contributed by atoms with Gasteiger partial charge in [-0.05, 0) is 31.4 Å². The number of aliphatic hydroxyl groups is 2. The molecule has 2 unspecified atom stereocenters. The third-order valence-electron chi connectivity index (χ3n) is 5.69. The first-order valence-corrected chi connectivity index (χ1v) is 11.2. The van der Waals surface area contributed by atoms with Gasteiger partial charge in [-0.1, -0.05) is 60.7 Å². The van der Waals surface area contributed by atoms with E-state index in [0.717, 1.165) is 46.1 Å². The van der Waals surface area contributed by atoms with Crippen LogP contribution in [0.5, 0.6) is 0 Å². The third kappa shape index (κ3) is 5.23. The Labute approximate surface area is 188 Å².